The SMILES string of the molecule is CC(Br)C1(c2cccc(Oc3ccccc3)c2)OCCO1. The molecular weight excluding hydrogens is 332 g/mol. The number of para-hydroxylation sites is 1. The second kappa shape index (κ2) is 6.18. The first kappa shape index (κ1) is 14.6. The van der Waals surface area contributed by atoms with E-state index in [1.54, 1.807) is 0 Å². The van der Waals surface area contributed by atoms with Gasteiger partial charge >= 0.3 is 0 Å². The predicted molar refractivity (Wildman–Crippen MR) is 84.9 cm³/mol. The van der Waals surface area contributed by atoms with Crippen LogP contribution in [0.4, 0.5) is 0 Å². The van der Waals surface area contributed by atoms with E-state index in [1.807, 2.05) is 61.5 Å². The van der Waals surface area contributed by atoms with Gasteiger partial charge in [0.2, 0.25) is 5.79 Å². The number of rotatable bonds is 4. The van der Waals surface area contributed by atoms with E-state index in [2.05, 4.69) is 15.9 Å². The lowest BCUT2D eigenvalue weighted by Crippen LogP contribution is -2.35. The van der Waals surface area contributed by atoms with E-state index in [0.29, 0.717) is 13.2 Å². The van der Waals surface area contributed by atoms with Crippen LogP contribution in [0, 0.1) is 0 Å². The molecule has 1 atom stereocenters. The number of halogens is 1. The fourth-order valence-electron chi connectivity index (χ4n) is 2.46. The molecule has 0 radical (unpaired) electrons. The lowest BCUT2D eigenvalue weighted by atomic mass is 10.0. The summed E-state index contributed by atoms with van der Waals surface area (Å²) in [5.41, 5.74) is 0.956. The molecule has 2 aromatic carbocycles. The molecule has 3 rings (SSSR count). The maximum absolute atomic E-state index is 5.88. The van der Waals surface area contributed by atoms with E-state index in [1.165, 1.54) is 0 Å². The van der Waals surface area contributed by atoms with E-state index in [9.17, 15) is 0 Å². The van der Waals surface area contributed by atoms with E-state index < -0.39 is 5.79 Å². The van der Waals surface area contributed by atoms with Gasteiger partial charge in [0.1, 0.15) is 11.5 Å². The first-order chi connectivity index (χ1) is 10.2. The third kappa shape index (κ3) is 2.98. The number of benzene rings is 2. The molecule has 1 fully saturated rings. The fraction of sp³-hybridized carbons (Fsp3) is 0.294. The van der Waals surface area contributed by atoms with Crippen LogP contribution in [0.1, 0.15) is 12.5 Å². The first-order valence-electron chi connectivity index (χ1n) is 6.96. The van der Waals surface area contributed by atoms with Crippen LogP contribution in [0.5, 0.6) is 11.5 Å². The third-order valence-electron chi connectivity index (χ3n) is 3.46. The molecule has 1 unspecified atom stereocenters. The minimum atomic E-state index is -0.740. The normalized spacial score (nSPS) is 18.4. The van der Waals surface area contributed by atoms with E-state index in [0.717, 1.165) is 17.1 Å². The van der Waals surface area contributed by atoms with Crippen LogP contribution in [0.3, 0.4) is 0 Å². The highest BCUT2D eigenvalue weighted by Gasteiger charge is 2.43. The smallest absolute Gasteiger partial charge is 0.207 e. The van der Waals surface area contributed by atoms with Gasteiger partial charge in [-0.15, -0.1) is 0 Å². The number of ether oxygens (including phenoxy) is 3. The van der Waals surface area contributed by atoms with Crippen molar-refractivity contribution in [3.8, 4) is 11.5 Å². The van der Waals surface area contributed by atoms with Gasteiger partial charge in [-0.2, -0.15) is 0 Å². The van der Waals surface area contributed by atoms with Crippen molar-refractivity contribution >= 4 is 15.9 Å². The Morgan fingerprint density at radius 1 is 1.00 bits per heavy atom. The van der Waals surface area contributed by atoms with E-state index in [4.69, 9.17) is 14.2 Å². The Morgan fingerprint density at radius 2 is 1.67 bits per heavy atom. The molecule has 0 amide bonds. The summed E-state index contributed by atoms with van der Waals surface area (Å²) in [7, 11) is 0. The summed E-state index contributed by atoms with van der Waals surface area (Å²) in [5.74, 6) is 0.838. The van der Waals surface area contributed by atoms with E-state index >= 15 is 0 Å². The molecular formula is C17H17BrO3. The number of hydrogen-bond acceptors (Lipinski definition) is 3. The molecule has 0 N–H and O–H groups in total. The van der Waals surface area contributed by atoms with Crippen LogP contribution in [0.25, 0.3) is 0 Å². The maximum atomic E-state index is 5.88. The minimum absolute atomic E-state index is 0.0412. The van der Waals surface area contributed by atoms with Crippen LogP contribution in [-0.2, 0) is 15.3 Å². The van der Waals surface area contributed by atoms with Crippen molar-refractivity contribution in [2.75, 3.05) is 13.2 Å². The molecule has 0 aliphatic carbocycles. The lowest BCUT2D eigenvalue weighted by Gasteiger charge is -2.30. The molecule has 1 saturated heterocycles. The molecule has 110 valence electrons. The quantitative estimate of drug-likeness (QED) is 0.763. The Morgan fingerprint density at radius 3 is 2.33 bits per heavy atom. The maximum Gasteiger partial charge on any atom is 0.207 e. The Balaban J connectivity index is 1.89. The van der Waals surface area contributed by atoms with Crippen LogP contribution in [0.2, 0.25) is 0 Å². The van der Waals surface area contributed by atoms with Gasteiger partial charge in [-0.3, -0.25) is 0 Å². The van der Waals surface area contributed by atoms with Crippen molar-refractivity contribution in [1.82, 2.24) is 0 Å². The topological polar surface area (TPSA) is 27.7 Å². The summed E-state index contributed by atoms with van der Waals surface area (Å²) >= 11 is 3.60. The zero-order valence-corrected chi connectivity index (χ0v) is 13.4. The van der Waals surface area contributed by atoms with Gasteiger partial charge in [0.05, 0.1) is 18.0 Å². The largest absolute Gasteiger partial charge is 0.457 e. The second-order valence-corrected chi connectivity index (χ2v) is 6.30. The molecule has 3 nitrogen and oxygen atoms in total. The predicted octanol–water partition coefficient (Wildman–Crippen LogP) is 4.46. The van der Waals surface area contributed by atoms with Gasteiger partial charge in [-0.1, -0.05) is 46.3 Å². The summed E-state index contributed by atoms with van der Waals surface area (Å²) in [6.45, 7) is 3.22. The fourth-order valence-corrected chi connectivity index (χ4v) is 2.98. The van der Waals surface area contributed by atoms with Gasteiger partial charge in [0.15, 0.2) is 0 Å². The minimum Gasteiger partial charge on any atom is -0.457 e. The van der Waals surface area contributed by atoms with Gasteiger partial charge in [0, 0.05) is 5.56 Å². The molecule has 1 aliphatic heterocycles. The summed E-state index contributed by atoms with van der Waals surface area (Å²) in [6, 6.07) is 17.6. The average Bonchev–Trinajstić information content (AvgIpc) is 2.99. The highest BCUT2D eigenvalue weighted by atomic mass is 79.9. The van der Waals surface area contributed by atoms with Crippen molar-refractivity contribution in [2.45, 2.75) is 17.5 Å². The molecule has 21 heavy (non-hydrogen) atoms. The van der Waals surface area contributed by atoms with Gasteiger partial charge in [0.25, 0.3) is 0 Å². The van der Waals surface area contributed by atoms with Crippen molar-refractivity contribution in [1.29, 1.82) is 0 Å². The number of hydrogen-bond donors (Lipinski definition) is 0. The molecule has 0 aromatic heterocycles. The second-order valence-electron chi connectivity index (χ2n) is 4.92. The van der Waals surface area contributed by atoms with Crippen molar-refractivity contribution in [3.05, 3.63) is 60.2 Å². The van der Waals surface area contributed by atoms with Crippen LogP contribution >= 0.6 is 15.9 Å². The zero-order valence-electron chi connectivity index (χ0n) is 11.8. The van der Waals surface area contributed by atoms with Crippen LogP contribution in [-0.4, -0.2) is 18.0 Å². The van der Waals surface area contributed by atoms with E-state index in [-0.39, 0.29) is 4.83 Å². The van der Waals surface area contributed by atoms with Gasteiger partial charge in [-0.25, -0.2) is 0 Å². The highest BCUT2D eigenvalue weighted by Crippen LogP contribution is 2.39. The monoisotopic (exact) mass is 348 g/mol. The van der Waals surface area contributed by atoms with Crippen molar-refractivity contribution in [3.63, 3.8) is 0 Å². The van der Waals surface area contributed by atoms with Crippen LogP contribution in [0.15, 0.2) is 54.6 Å². The summed E-state index contributed by atoms with van der Waals surface area (Å²) < 4.78 is 17.6. The molecule has 0 saturated carbocycles. The Kier molecular flexibility index (Phi) is 4.29. The van der Waals surface area contributed by atoms with Crippen LogP contribution < -0.4 is 4.74 Å². The van der Waals surface area contributed by atoms with Gasteiger partial charge < -0.3 is 14.2 Å². The first-order valence-corrected chi connectivity index (χ1v) is 7.88. The molecule has 1 heterocycles. The highest BCUT2D eigenvalue weighted by molar-refractivity contribution is 9.09. The Labute approximate surface area is 133 Å². The van der Waals surface area contributed by atoms with Crippen molar-refractivity contribution < 1.29 is 14.2 Å². The summed E-state index contributed by atoms with van der Waals surface area (Å²) in [6.07, 6.45) is 0. The molecule has 0 bridgehead atoms. The average molecular weight is 349 g/mol. The van der Waals surface area contributed by atoms with Gasteiger partial charge in [-0.05, 0) is 31.2 Å². The zero-order chi connectivity index (χ0) is 14.7. The molecule has 2 aromatic rings. The third-order valence-corrected chi connectivity index (χ3v) is 4.06. The Bertz CT molecular complexity index is 592. The summed E-state index contributed by atoms with van der Waals surface area (Å²) in [5, 5.41) is 0. The number of alkyl halides is 1. The van der Waals surface area contributed by atoms with Crippen molar-refractivity contribution in [2.24, 2.45) is 0 Å². The summed E-state index contributed by atoms with van der Waals surface area (Å²) in [4.78, 5) is 0.0412. The molecule has 4 heteroatoms. The standard InChI is InChI=1S/C17H17BrO3/c1-13(18)17(19-10-11-20-17)14-6-5-9-16(12-14)21-15-7-3-2-4-8-15/h2-9,12-13H,10-11H2,1H3. The molecule has 0 spiro atoms. The molecule has 1 aliphatic rings. The lowest BCUT2D eigenvalue weighted by molar-refractivity contribution is -0.161. The Hall–Kier alpha value is -1.36.